The first-order valence-electron chi connectivity index (χ1n) is 8.14. The molecule has 120 valence electrons. The molecule has 4 heteroatoms. The molecule has 23 heavy (non-hydrogen) atoms. The Morgan fingerprint density at radius 3 is 2.78 bits per heavy atom. The normalized spacial score (nSPS) is 23.0. The molecule has 2 aromatic rings. The van der Waals surface area contributed by atoms with E-state index in [2.05, 4.69) is 6.07 Å². The summed E-state index contributed by atoms with van der Waals surface area (Å²) in [5.41, 5.74) is 0.559. The van der Waals surface area contributed by atoms with Crippen LogP contribution >= 0.6 is 0 Å². The number of methoxy groups -OCH3 is 1. The highest BCUT2D eigenvalue weighted by molar-refractivity contribution is 5.99. The van der Waals surface area contributed by atoms with Crippen LogP contribution < -0.4 is 0 Å². The molecule has 1 amide bonds. The average molecular weight is 311 g/mol. The van der Waals surface area contributed by atoms with Gasteiger partial charge in [-0.25, -0.2) is 0 Å². The first kappa shape index (κ1) is 14.7. The van der Waals surface area contributed by atoms with Crippen LogP contribution in [0.1, 0.15) is 23.2 Å². The lowest BCUT2D eigenvalue weighted by Crippen LogP contribution is -2.67. The van der Waals surface area contributed by atoms with Crippen molar-refractivity contribution in [2.75, 3.05) is 26.8 Å². The van der Waals surface area contributed by atoms with Crippen molar-refractivity contribution in [3.05, 3.63) is 48.0 Å². The standard InChI is InChI=1S/C19H21NO3/c1-22-17-8-9-23-19(11-17)12-20(13-19)18(21)16-7-6-14-4-2-3-5-15(14)10-16/h2-7,10,17H,8-9,11-13H2,1H3/t17-/m0/s1. The van der Waals surface area contributed by atoms with Gasteiger partial charge in [0.15, 0.2) is 0 Å². The SMILES string of the molecule is CO[C@H]1CCOC2(C1)CN(C(=O)c1ccc3ccccc3c1)C2. The Bertz CT molecular complexity index is 736. The lowest BCUT2D eigenvalue weighted by atomic mass is 9.84. The van der Waals surface area contributed by atoms with Crippen LogP contribution in [-0.4, -0.2) is 49.3 Å². The van der Waals surface area contributed by atoms with E-state index in [9.17, 15) is 4.79 Å². The van der Waals surface area contributed by atoms with Crippen molar-refractivity contribution in [3.63, 3.8) is 0 Å². The van der Waals surface area contributed by atoms with Gasteiger partial charge in [0.1, 0.15) is 5.60 Å². The van der Waals surface area contributed by atoms with E-state index in [1.54, 1.807) is 7.11 Å². The Morgan fingerprint density at radius 1 is 1.22 bits per heavy atom. The average Bonchev–Trinajstić information content (AvgIpc) is 2.58. The molecular weight excluding hydrogens is 290 g/mol. The van der Waals surface area contributed by atoms with Crippen molar-refractivity contribution in [2.45, 2.75) is 24.5 Å². The highest BCUT2D eigenvalue weighted by Crippen LogP contribution is 2.36. The predicted octanol–water partition coefficient (Wildman–Crippen LogP) is 2.86. The van der Waals surface area contributed by atoms with Crippen LogP contribution in [-0.2, 0) is 9.47 Å². The molecule has 0 saturated carbocycles. The fourth-order valence-electron chi connectivity index (χ4n) is 3.70. The van der Waals surface area contributed by atoms with Gasteiger partial charge in [0, 0.05) is 25.7 Å². The zero-order chi connectivity index (χ0) is 15.9. The second kappa shape index (κ2) is 5.62. The maximum Gasteiger partial charge on any atom is 0.254 e. The monoisotopic (exact) mass is 311 g/mol. The molecule has 1 atom stereocenters. The van der Waals surface area contributed by atoms with Gasteiger partial charge in [-0.3, -0.25) is 4.79 Å². The van der Waals surface area contributed by atoms with Crippen molar-refractivity contribution >= 4 is 16.7 Å². The Labute approximate surface area is 136 Å². The van der Waals surface area contributed by atoms with Crippen LogP contribution in [0.25, 0.3) is 10.8 Å². The molecule has 2 heterocycles. The smallest absolute Gasteiger partial charge is 0.254 e. The third-order valence-electron chi connectivity index (χ3n) is 5.02. The molecule has 1 spiro atoms. The van der Waals surface area contributed by atoms with Gasteiger partial charge in [0.05, 0.1) is 19.2 Å². The number of likely N-dealkylation sites (tertiary alicyclic amines) is 1. The van der Waals surface area contributed by atoms with Gasteiger partial charge < -0.3 is 14.4 Å². The highest BCUT2D eigenvalue weighted by atomic mass is 16.5. The Morgan fingerprint density at radius 2 is 2.00 bits per heavy atom. The number of rotatable bonds is 2. The van der Waals surface area contributed by atoms with E-state index in [4.69, 9.17) is 9.47 Å². The largest absolute Gasteiger partial charge is 0.381 e. The quantitative estimate of drug-likeness (QED) is 0.856. The number of nitrogens with zero attached hydrogens (tertiary/aromatic N) is 1. The van der Waals surface area contributed by atoms with E-state index in [-0.39, 0.29) is 17.6 Å². The van der Waals surface area contributed by atoms with Crippen LogP contribution in [0.4, 0.5) is 0 Å². The number of fused-ring (bicyclic) bond motifs is 1. The van der Waals surface area contributed by atoms with E-state index in [1.807, 2.05) is 41.3 Å². The minimum absolute atomic E-state index is 0.0875. The molecular formula is C19H21NO3. The fraction of sp³-hybridized carbons (Fsp3) is 0.421. The molecule has 4 nitrogen and oxygen atoms in total. The van der Waals surface area contributed by atoms with Gasteiger partial charge in [-0.05, 0) is 29.3 Å². The van der Waals surface area contributed by atoms with Crippen LogP contribution in [0, 0.1) is 0 Å². The first-order valence-corrected chi connectivity index (χ1v) is 8.14. The van der Waals surface area contributed by atoms with E-state index in [0.29, 0.717) is 13.1 Å². The maximum atomic E-state index is 12.7. The summed E-state index contributed by atoms with van der Waals surface area (Å²) in [6.07, 6.45) is 2.07. The number of hydrogen-bond acceptors (Lipinski definition) is 3. The van der Waals surface area contributed by atoms with Crippen LogP contribution in [0.2, 0.25) is 0 Å². The van der Waals surface area contributed by atoms with E-state index in [0.717, 1.165) is 35.8 Å². The van der Waals surface area contributed by atoms with Gasteiger partial charge in [-0.2, -0.15) is 0 Å². The summed E-state index contributed by atoms with van der Waals surface area (Å²) in [6, 6.07) is 14.0. The molecule has 2 saturated heterocycles. The van der Waals surface area contributed by atoms with E-state index < -0.39 is 0 Å². The zero-order valence-electron chi connectivity index (χ0n) is 13.3. The fourth-order valence-corrected chi connectivity index (χ4v) is 3.70. The first-order chi connectivity index (χ1) is 11.2. The molecule has 2 aliphatic rings. The lowest BCUT2D eigenvalue weighted by molar-refractivity contribution is -0.181. The van der Waals surface area contributed by atoms with Crippen molar-refractivity contribution in [1.29, 1.82) is 0 Å². The minimum atomic E-state index is -0.189. The molecule has 0 unspecified atom stereocenters. The van der Waals surface area contributed by atoms with Crippen LogP contribution in [0.3, 0.4) is 0 Å². The number of ether oxygens (including phenoxy) is 2. The molecule has 0 radical (unpaired) electrons. The van der Waals surface area contributed by atoms with Crippen molar-refractivity contribution in [3.8, 4) is 0 Å². The number of hydrogen-bond donors (Lipinski definition) is 0. The van der Waals surface area contributed by atoms with Gasteiger partial charge in [0.2, 0.25) is 0 Å². The van der Waals surface area contributed by atoms with Gasteiger partial charge in [0.25, 0.3) is 5.91 Å². The van der Waals surface area contributed by atoms with Gasteiger partial charge >= 0.3 is 0 Å². The molecule has 2 fully saturated rings. The molecule has 0 bridgehead atoms. The number of amides is 1. The van der Waals surface area contributed by atoms with Crippen molar-refractivity contribution < 1.29 is 14.3 Å². The summed E-state index contributed by atoms with van der Waals surface area (Å²) in [4.78, 5) is 14.6. The summed E-state index contributed by atoms with van der Waals surface area (Å²) < 4.78 is 11.4. The third-order valence-corrected chi connectivity index (χ3v) is 5.02. The van der Waals surface area contributed by atoms with Gasteiger partial charge in [-0.1, -0.05) is 30.3 Å². The van der Waals surface area contributed by atoms with E-state index in [1.165, 1.54) is 0 Å². The number of carbonyl (C=O) groups is 1. The van der Waals surface area contributed by atoms with Crippen LogP contribution in [0.5, 0.6) is 0 Å². The van der Waals surface area contributed by atoms with Gasteiger partial charge in [-0.15, -0.1) is 0 Å². The second-order valence-electron chi connectivity index (χ2n) is 6.61. The lowest BCUT2D eigenvalue weighted by Gasteiger charge is -2.52. The summed E-state index contributed by atoms with van der Waals surface area (Å²) in [6.45, 7) is 2.05. The number of carbonyl (C=O) groups excluding carboxylic acids is 1. The Kier molecular flexibility index (Phi) is 3.58. The Balaban J connectivity index is 1.48. The summed E-state index contributed by atoms with van der Waals surface area (Å²) in [5.74, 6) is 0.0875. The predicted molar refractivity (Wildman–Crippen MR) is 88.6 cm³/mol. The highest BCUT2D eigenvalue weighted by Gasteiger charge is 2.49. The Hall–Kier alpha value is -1.91. The second-order valence-corrected chi connectivity index (χ2v) is 6.61. The topological polar surface area (TPSA) is 38.8 Å². The minimum Gasteiger partial charge on any atom is -0.381 e. The molecule has 2 aromatic carbocycles. The third kappa shape index (κ3) is 2.62. The molecule has 4 rings (SSSR count). The molecule has 0 N–H and O–H groups in total. The van der Waals surface area contributed by atoms with E-state index >= 15 is 0 Å². The maximum absolute atomic E-state index is 12.7. The van der Waals surface area contributed by atoms with Crippen molar-refractivity contribution in [1.82, 2.24) is 4.90 Å². The summed E-state index contributed by atoms with van der Waals surface area (Å²) in [7, 11) is 1.75. The molecule has 2 aliphatic heterocycles. The summed E-state index contributed by atoms with van der Waals surface area (Å²) >= 11 is 0. The summed E-state index contributed by atoms with van der Waals surface area (Å²) in [5, 5.41) is 2.25. The van der Waals surface area contributed by atoms with Crippen LogP contribution in [0.15, 0.2) is 42.5 Å². The van der Waals surface area contributed by atoms with Crippen molar-refractivity contribution in [2.24, 2.45) is 0 Å². The number of benzene rings is 2. The molecule has 0 aromatic heterocycles. The zero-order valence-corrected chi connectivity index (χ0v) is 13.3. The molecule has 0 aliphatic carbocycles.